The average Bonchev–Trinajstić information content (AvgIpc) is 2.60. The van der Waals surface area contributed by atoms with Crippen LogP contribution < -0.4 is 5.32 Å². The van der Waals surface area contributed by atoms with Crippen LogP contribution in [0.5, 0.6) is 0 Å². The maximum atomic E-state index is 4.74. The Morgan fingerprint density at radius 1 is 1.04 bits per heavy atom. The smallest absolute Gasteiger partial charge is 0.0730 e. The second kappa shape index (κ2) is 7.70. The fourth-order valence-corrected chi connectivity index (χ4v) is 2.50. The van der Waals surface area contributed by atoms with Crippen LogP contribution in [0.15, 0.2) is 54.9 Å². The first-order valence-electron chi connectivity index (χ1n) is 8.09. The molecule has 0 unspecified atom stereocenters. The molecule has 0 aliphatic heterocycles. The van der Waals surface area contributed by atoms with E-state index in [1.54, 1.807) is 12.4 Å². The predicted octanol–water partition coefficient (Wildman–Crippen LogP) is 3.77. The Balaban J connectivity index is 1.89. The summed E-state index contributed by atoms with van der Waals surface area (Å²) in [5, 5.41) is 4.68. The van der Waals surface area contributed by atoms with Crippen LogP contribution in [0.25, 0.3) is 23.1 Å². The number of nitrogens with zero attached hydrogens (tertiary/aromatic N) is 3. The first kappa shape index (κ1) is 16.1. The van der Waals surface area contributed by atoms with E-state index in [9.17, 15) is 0 Å². The summed E-state index contributed by atoms with van der Waals surface area (Å²) in [6.07, 6.45) is 7.69. The molecule has 3 rings (SSSR count). The molecule has 0 aliphatic carbocycles. The second-order valence-electron chi connectivity index (χ2n) is 5.96. The molecular weight excluding hydrogens is 296 g/mol. The molecule has 4 nitrogen and oxygen atoms in total. The Morgan fingerprint density at radius 2 is 1.83 bits per heavy atom. The molecule has 0 saturated heterocycles. The van der Waals surface area contributed by atoms with Crippen LogP contribution >= 0.6 is 0 Å². The lowest BCUT2D eigenvalue weighted by molar-refractivity contribution is 0.425. The molecule has 4 heteroatoms. The number of benzene rings is 1. The lowest BCUT2D eigenvalue weighted by Gasteiger charge is -2.13. The van der Waals surface area contributed by atoms with Crippen molar-refractivity contribution >= 4 is 28.7 Å². The van der Waals surface area contributed by atoms with Crippen LogP contribution in [0, 0.1) is 0 Å². The van der Waals surface area contributed by atoms with Gasteiger partial charge in [-0.15, -0.1) is 0 Å². The van der Waals surface area contributed by atoms with Gasteiger partial charge in [0.25, 0.3) is 0 Å². The van der Waals surface area contributed by atoms with Crippen molar-refractivity contribution in [3.8, 4) is 0 Å². The Bertz CT molecular complexity index is 825. The molecule has 0 spiro atoms. The van der Waals surface area contributed by atoms with Crippen LogP contribution in [-0.2, 0) is 0 Å². The van der Waals surface area contributed by atoms with Gasteiger partial charge in [-0.1, -0.05) is 24.3 Å². The number of para-hydroxylation sites is 1. The zero-order valence-electron chi connectivity index (χ0n) is 14.1. The number of fused-ring (bicyclic) bond motifs is 1. The highest BCUT2D eigenvalue weighted by Gasteiger charge is 2.04. The molecule has 0 fully saturated rings. The number of aromatic nitrogens is 2. The maximum Gasteiger partial charge on any atom is 0.0730 e. The van der Waals surface area contributed by atoms with E-state index in [1.807, 2.05) is 30.3 Å². The van der Waals surface area contributed by atoms with Crippen molar-refractivity contribution in [3.63, 3.8) is 0 Å². The molecule has 2 heterocycles. The third-order valence-corrected chi connectivity index (χ3v) is 3.76. The maximum absolute atomic E-state index is 4.74. The standard InChI is InChI=1S/C20H22N4/c1-24(2)14-13-22-20-15-17(8-7-16-9-11-21-12-10-16)23-19-6-4-3-5-18(19)20/h3-12,15H,13-14H2,1-2H3,(H,22,23)/b8-7+. The first-order chi connectivity index (χ1) is 11.7. The quantitative estimate of drug-likeness (QED) is 0.751. The van der Waals surface area contributed by atoms with Gasteiger partial charge in [0.2, 0.25) is 0 Å². The van der Waals surface area contributed by atoms with Gasteiger partial charge in [-0.2, -0.15) is 0 Å². The zero-order chi connectivity index (χ0) is 16.8. The highest BCUT2D eigenvalue weighted by molar-refractivity contribution is 5.92. The molecule has 0 atom stereocenters. The average molecular weight is 318 g/mol. The minimum absolute atomic E-state index is 0.897. The van der Waals surface area contributed by atoms with Crippen LogP contribution in [0.1, 0.15) is 11.3 Å². The number of pyridine rings is 2. The molecule has 0 aliphatic rings. The molecule has 2 aromatic heterocycles. The molecule has 0 amide bonds. The van der Waals surface area contributed by atoms with Crippen molar-refractivity contribution in [1.29, 1.82) is 0 Å². The zero-order valence-corrected chi connectivity index (χ0v) is 14.1. The largest absolute Gasteiger partial charge is 0.383 e. The molecule has 122 valence electrons. The van der Waals surface area contributed by atoms with Crippen molar-refractivity contribution < 1.29 is 0 Å². The van der Waals surface area contributed by atoms with Gasteiger partial charge in [0, 0.05) is 36.6 Å². The third kappa shape index (κ3) is 4.18. The van der Waals surface area contributed by atoms with Crippen molar-refractivity contribution in [3.05, 3.63) is 66.1 Å². The highest BCUT2D eigenvalue weighted by Crippen LogP contribution is 2.24. The number of anilines is 1. The molecule has 0 saturated carbocycles. The number of likely N-dealkylation sites (N-methyl/N-ethyl adjacent to an activating group) is 1. The number of nitrogens with one attached hydrogen (secondary N) is 1. The van der Waals surface area contributed by atoms with E-state index in [0.29, 0.717) is 0 Å². The molecule has 24 heavy (non-hydrogen) atoms. The van der Waals surface area contributed by atoms with Crippen LogP contribution in [0.2, 0.25) is 0 Å². The minimum atomic E-state index is 0.897. The Kier molecular flexibility index (Phi) is 5.18. The van der Waals surface area contributed by atoms with E-state index < -0.39 is 0 Å². The van der Waals surface area contributed by atoms with Gasteiger partial charge in [0.15, 0.2) is 0 Å². The summed E-state index contributed by atoms with van der Waals surface area (Å²) in [5.41, 5.74) is 4.18. The van der Waals surface area contributed by atoms with E-state index in [2.05, 4.69) is 53.6 Å². The van der Waals surface area contributed by atoms with Crippen molar-refractivity contribution in [1.82, 2.24) is 14.9 Å². The fraction of sp³-hybridized carbons (Fsp3) is 0.200. The van der Waals surface area contributed by atoms with Crippen molar-refractivity contribution in [2.24, 2.45) is 0 Å². The van der Waals surface area contributed by atoms with Crippen LogP contribution in [-0.4, -0.2) is 42.1 Å². The summed E-state index contributed by atoms with van der Waals surface area (Å²) in [6.45, 7) is 1.88. The topological polar surface area (TPSA) is 41.0 Å². The SMILES string of the molecule is CN(C)CCNc1cc(/C=C/c2ccncc2)nc2ccccc12. The van der Waals surface area contributed by atoms with E-state index in [4.69, 9.17) is 4.98 Å². The van der Waals surface area contributed by atoms with Gasteiger partial charge in [0.05, 0.1) is 11.2 Å². The Labute approximate surface area is 142 Å². The van der Waals surface area contributed by atoms with Crippen LogP contribution in [0.3, 0.4) is 0 Å². The van der Waals surface area contributed by atoms with E-state index >= 15 is 0 Å². The summed E-state index contributed by atoms with van der Waals surface area (Å²) >= 11 is 0. The fourth-order valence-electron chi connectivity index (χ4n) is 2.50. The molecular formula is C20H22N4. The number of rotatable bonds is 6. The molecule has 0 radical (unpaired) electrons. The van der Waals surface area contributed by atoms with Gasteiger partial charge >= 0.3 is 0 Å². The van der Waals surface area contributed by atoms with Gasteiger partial charge in [0.1, 0.15) is 0 Å². The van der Waals surface area contributed by atoms with E-state index in [1.165, 1.54) is 0 Å². The normalized spacial score (nSPS) is 11.5. The minimum Gasteiger partial charge on any atom is -0.383 e. The predicted molar refractivity (Wildman–Crippen MR) is 102 cm³/mol. The van der Waals surface area contributed by atoms with E-state index in [0.717, 1.165) is 40.9 Å². The molecule has 0 bridgehead atoms. The summed E-state index contributed by atoms with van der Waals surface area (Å²) in [6, 6.07) is 14.3. The van der Waals surface area contributed by atoms with Gasteiger partial charge in [-0.3, -0.25) is 4.98 Å². The summed E-state index contributed by atoms with van der Waals surface area (Å²) < 4.78 is 0. The third-order valence-electron chi connectivity index (χ3n) is 3.76. The lowest BCUT2D eigenvalue weighted by atomic mass is 10.1. The van der Waals surface area contributed by atoms with Gasteiger partial charge in [-0.05, 0) is 50.0 Å². The lowest BCUT2D eigenvalue weighted by Crippen LogP contribution is -2.20. The highest BCUT2D eigenvalue weighted by atomic mass is 15.1. The van der Waals surface area contributed by atoms with E-state index in [-0.39, 0.29) is 0 Å². The number of hydrogen-bond acceptors (Lipinski definition) is 4. The monoisotopic (exact) mass is 318 g/mol. The molecule has 3 aromatic rings. The summed E-state index contributed by atoms with van der Waals surface area (Å²) in [4.78, 5) is 10.9. The second-order valence-corrected chi connectivity index (χ2v) is 5.96. The molecule has 1 N–H and O–H groups in total. The van der Waals surface area contributed by atoms with Crippen molar-refractivity contribution in [2.75, 3.05) is 32.5 Å². The van der Waals surface area contributed by atoms with Gasteiger partial charge < -0.3 is 10.2 Å². The van der Waals surface area contributed by atoms with Gasteiger partial charge in [-0.25, -0.2) is 4.98 Å². The Hall–Kier alpha value is -2.72. The Morgan fingerprint density at radius 3 is 2.62 bits per heavy atom. The first-order valence-corrected chi connectivity index (χ1v) is 8.09. The number of hydrogen-bond donors (Lipinski definition) is 1. The summed E-state index contributed by atoms with van der Waals surface area (Å²) in [7, 11) is 4.16. The summed E-state index contributed by atoms with van der Waals surface area (Å²) in [5.74, 6) is 0. The van der Waals surface area contributed by atoms with Crippen LogP contribution in [0.4, 0.5) is 5.69 Å². The molecule has 1 aromatic carbocycles. The van der Waals surface area contributed by atoms with Crippen molar-refractivity contribution in [2.45, 2.75) is 0 Å².